The predicted molar refractivity (Wildman–Crippen MR) is 123 cm³/mol. The van der Waals surface area contributed by atoms with Crippen LogP contribution in [0.3, 0.4) is 0 Å². The van der Waals surface area contributed by atoms with Crippen molar-refractivity contribution in [1.29, 1.82) is 0 Å². The minimum atomic E-state index is -0.0867. The Morgan fingerprint density at radius 2 is 1.87 bits per heavy atom. The number of anilines is 1. The van der Waals surface area contributed by atoms with Gasteiger partial charge in [0, 0.05) is 22.2 Å². The van der Waals surface area contributed by atoms with E-state index in [0.29, 0.717) is 11.5 Å². The quantitative estimate of drug-likeness (QED) is 0.439. The number of furan rings is 1. The Kier molecular flexibility index (Phi) is 6.85. The van der Waals surface area contributed by atoms with Gasteiger partial charge in [-0.2, -0.15) is 0 Å². The Bertz CT molecular complexity index is 956. The van der Waals surface area contributed by atoms with Gasteiger partial charge in [-0.25, -0.2) is 0 Å². The second kappa shape index (κ2) is 9.94. The molecule has 1 fully saturated rings. The zero-order valence-electron chi connectivity index (χ0n) is 17.9. The van der Waals surface area contributed by atoms with Crippen LogP contribution in [-0.2, 0) is 0 Å². The molecule has 0 unspecified atom stereocenters. The highest BCUT2D eigenvalue weighted by Crippen LogP contribution is 2.35. The average molecular weight is 405 g/mol. The van der Waals surface area contributed by atoms with Crippen molar-refractivity contribution in [3.63, 3.8) is 0 Å². The van der Waals surface area contributed by atoms with E-state index in [4.69, 9.17) is 4.42 Å². The van der Waals surface area contributed by atoms with Gasteiger partial charge in [0.1, 0.15) is 5.58 Å². The minimum Gasteiger partial charge on any atom is -0.464 e. The van der Waals surface area contributed by atoms with E-state index in [1.807, 2.05) is 48.7 Å². The number of piperidine rings is 1. The maximum absolute atomic E-state index is 12.5. The minimum absolute atomic E-state index is 0.0867. The fourth-order valence-electron chi connectivity index (χ4n) is 4.47. The summed E-state index contributed by atoms with van der Waals surface area (Å²) in [7, 11) is 0. The largest absolute Gasteiger partial charge is 0.464 e. The predicted octanol–water partition coefficient (Wildman–Crippen LogP) is 6.44. The molecule has 0 aliphatic carbocycles. The molecule has 0 spiro atoms. The molecule has 1 aliphatic rings. The number of rotatable bonds is 8. The van der Waals surface area contributed by atoms with E-state index in [2.05, 4.69) is 23.2 Å². The number of carbonyl (C=O) groups excluding carboxylic acids is 1. The molecule has 0 atom stereocenters. The molecular formula is C26H32N2O2. The molecule has 4 rings (SSSR count). The monoisotopic (exact) mass is 404 g/mol. The molecule has 4 heteroatoms. The Labute approximate surface area is 179 Å². The van der Waals surface area contributed by atoms with Crippen molar-refractivity contribution in [1.82, 2.24) is 4.90 Å². The lowest BCUT2D eigenvalue weighted by Gasteiger charge is -2.31. The molecular weight excluding hydrogens is 372 g/mol. The van der Waals surface area contributed by atoms with Gasteiger partial charge in [-0.3, -0.25) is 4.79 Å². The zero-order valence-corrected chi connectivity index (χ0v) is 17.9. The summed E-state index contributed by atoms with van der Waals surface area (Å²) in [4.78, 5) is 15.1. The van der Waals surface area contributed by atoms with Crippen LogP contribution in [-0.4, -0.2) is 30.4 Å². The van der Waals surface area contributed by atoms with Gasteiger partial charge >= 0.3 is 0 Å². The molecule has 1 amide bonds. The van der Waals surface area contributed by atoms with Crippen LogP contribution in [0, 0.1) is 0 Å². The van der Waals surface area contributed by atoms with E-state index < -0.39 is 0 Å². The van der Waals surface area contributed by atoms with Gasteiger partial charge in [0.25, 0.3) is 5.91 Å². The number of amides is 1. The summed E-state index contributed by atoms with van der Waals surface area (Å²) in [6.45, 7) is 5.82. The Morgan fingerprint density at radius 1 is 1.07 bits per heavy atom. The lowest BCUT2D eigenvalue weighted by molar-refractivity contribution is 0.102. The Balaban J connectivity index is 1.40. The van der Waals surface area contributed by atoms with Gasteiger partial charge in [-0.05, 0) is 75.1 Å². The molecule has 1 aromatic heterocycles. The van der Waals surface area contributed by atoms with Crippen LogP contribution in [0.1, 0.15) is 67.3 Å². The third-order valence-electron chi connectivity index (χ3n) is 6.25. The molecule has 0 bridgehead atoms. The van der Waals surface area contributed by atoms with Crippen LogP contribution in [0.25, 0.3) is 11.0 Å². The number of hydrogen-bond acceptors (Lipinski definition) is 3. The van der Waals surface area contributed by atoms with Crippen LogP contribution in [0.5, 0.6) is 0 Å². The SMILES string of the molecule is CCCCCCN1CCC(c2coc3ccc(NC(=O)c4ccccc4)cc23)CC1. The summed E-state index contributed by atoms with van der Waals surface area (Å²) in [5, 5.41) is 4.15. The molecule has 3 aromatic rings. The van der Waals surface area contributed by atoms with Crippen molar-refractivity contribution in [2.24, 2.45) is 0 Å². The topological polar surface area (TPSA) is 45.5 Å². The number of nitrogens with zero attached hydrogens (tertiary/aromatic N) is 1. The number of carbonyl (C=O) groups is 1. The Morgan fingerprint density at radius 3 is 2.63 bits per heavy atom. The van der Waals surface area contributed by atoms with E-state index in [1.165, 1.54) is 50.6 Å². The van der Waals surface area contributed by atoms with Gasteiger partial charge in [0.15, 0.2) is 0 Å². The van der Waals surface area contributed by atoms with Crippen molar-refractivity contribution < 1.29 is 9.21 Å². The van der Waals surface area contributed by atoms with E-state index in [-0.39, 0.29) is 5.91 Å². The van der Waals surface area contributed by atoms with Crippen molar-refractivity contribution in [2.45, 2.75) is 51.4 Å². The van der Waals surface area contributed by atoms with Crippen LogP contribution in [0.15, 0.2) is 59.2 Å². The van der Waals surface area contributed by atoms with Gasteiger partial charge in [0.05, 0.1) is 6.26 Å². The van der Waals surface area contributed by atoms with Gasteiger partial charge in [-0.15, -0.1) is 0 Å². The maximum Gasteiger partial charge on any atom is 0.255 e. The summed E-state index contributed by atoms with van der Waals surface area (Å²) < 4.78 is 5.84. The first-order valence-electron chi connectivity index (χ1n) is 11.3. The van der Waals surface area contributed by atoms with E-state index in [9.17, 15) is 4.79 Å². The van der Waals surface area contributed by atoms with Crippen LogP contribution in [0.2, 0.25) is 0 Å². The average Bonchev–Trinajstić information content (AvgIpc) is 3.21. The fraction of sp³-hybridized carbons (Fsp3) is 0.423. The first-order valence-corrected chi connectivity index (χ1v) is 11.3. The zero-order chi connectivity index (χ0) is 20.8. The van der Waals surface area contributed by atoms with Crippen LogP contribution in [0.4, 0.5) is 5.69 Å². The van der Waals surface area contributed by atoms with Crippen molar-refractivity contribution in [3.8, 4) is 0 Å². The third-order valence-corrected chi connectivity index (χ3v) is 6.25. The number of unbranched alkanes of at least 4 members (excludes halogenated alkanes) is 3. The highest BCUT2D eigenvalue weighted by molar-refractivity contribution is 6.05. The molecule has 1 aliphatic heterocycles. The Hall–Kier alpha value is -2.59. The van der Waals surface area contributed by atoms with Crippen LogP contribution >= 0.6 is 0 Å². The third kappa shape index (κ3) is 4.93. The highest BCUT2D eigenvalue weighted by Gasteiger charge is 2.23. The van der Waals surface area contributed by atoms with Gasteiger partial charge < -0.3 is 14.6 Å². The van der Waals surface area contributed by atoms with Crippen molar-refractivity contribution >= 4 is 22.6 Å². The number of benzene rings is 2. The van der Waals surface area contributed by atoms with Crippen molar-refractivity contribution in [3.05, 3.63) is 65.9 Å². The lowest BCUT2D eigenvalue weighted by atomic mass is 9.89. The number of fused-ring (bicyclic) bond motifs is 1. The maximum atomic E-state index is 12.5. The molecule has 0 saturated carbocycles. The second-order valence-corrected chi connectivity index (χ2v) is 8.40. The number of nitrogens with one attached hydrogen (secondary N) is 1. The highest BCUT2D eigenvalue weighted by atomic mass is 16.3. The van der Waals surface area contributed by atoms with Gasteiger partial charge in [0.2, 0.25) is 0 Å². The summed E-state index contributed by atoms with van der Waals surface area (Å²) in [6, 6.07) is 15.3. The molecule has 158 valence electrons. The molecule has 4 nitrogen and oxygen atoms in total. The van der Waals surface area contributed by atoms with Crippen molar-refractivity contribution in [2.75, 3.05) is 25.0 Å². The molecule has 0 radical (unpaired) electrons. The van der Waals surface area contributed by atoms with Crippen LogP contribution < -0.4 is 5.32 Å². The summed E-state index contributed by atoms with van der Waals surface area (Å²) >= 11 is 0. The van der Waals surface area contributed by atoms with E-state index in [1.54, 1.807) is 0 Å². The molecule has 1 N–H and O–H groups in total. The number of hydrogen-bond donors (Lipinski definition) is 1. The lowest BCUT2D eigenvalue weighted by Crippen LogP contribution is -2.33. The van der Waals surface area contributed by atoms with E-state index in [0.717, 1.165) is 29.7 Å². The number of likely N-dealkylation sites (tertiary alicyclic amines) is 1. The standard InChI is InChI=1S/C26H32N2O2/c1-2-3-4-8-15-28-16-13-20(14-17-28)24-19-30-25-12-11-22(18-23(24)25)27-26(29)21-9-6-5-7-10-21/h5-7,9-12,18-20H,2-4,8,13-17H2,1H3,(H,27,29). The molecule has 2 heterocycles. The molecule has 2 aromatic carbocycles. The summed E-state index contributed by atoms with van der Waals surface area (Å²) in [5.41, 5.74) is 3.65. The second-order valence-electron chi connectivity index (χ2n) is 8.40. The summed E-state index contributed by atoms with van der Waals surface area (Å²) in [5.74, 6) is 0.439. The normalized spacial score (nSPS) is 15.5. The summed E-state index contributed by atoms with van der Waals surface area (Å²) in [6.07, 6.45) is 9.57. The first kappa shape index (κ1) is 20.7. The van der Waals surface area contributed by atoms with E-state index >= 15 is 0 Å². The fourth-order valence-corrected chi connectivity index (χ4v) is 4.47. The first-order chi connectivity index (χ1) is 14.7. The molecule has 1 saturated heterocycles. The molecule has 30 heavy (non-hydrogen) atoms. The van der Waals surface area contributed by atoms with Gasteiger partial charge in [-0.1, -0.05) is 44.4 Å². The smallest absolute Gasteiger partial charge is 0.255 e.